The van der Waals surface area contributed by atoms with E-state index in [0.717, 1.165) is 6.42 Å². The van der Waals surface area contributed by atoms with Crippen molar-refractivity contribution in [2.24, 2.45) is 5.92 Å². The summed E-state index contributed by atoms with van der Waals surface area (Å²) in [5.41, 5.74) is 0. The van der Waals surface area contributed by atoms with Crippen molar-refractivity contribution in [2.75, 3.05) is 6.61 Å². The normalized spacial score (nSPS) is 14.9. The van der Waals surface area contributed by atoms with Gasteiger partial charge >= 0.3 is 0 Å². The lowest BCUT2D eigenvalue weighted by Crippen LogP contribution is -1.92. The lowest BCUT2D eigenvalue weighted by molar-refractivity contribution is 0.274. The van der Waals surface area contributed by atoms with E-state index in [1.807, 2.05) is 13.0 Å². The van der Waals surface area contributed by atoms with Gasteiger partial charge in [0.1, 0.15) is 0 Å². The molecule has 8 heavy (non-hydrogen) atoms. The quantitative estimate of drug-likeness (QED) is 0.552. The van der Waals surface area contributed by atoms with Crippen LogP contribution in [0.2, 0.25) is 0 Å². The molecule has 0 fully saturated rings. The van der Waals surface area contributed by atoms with Gasteiger partial charge in [-0.15, -0.1) is 0 Å². The van der Waals surface area contributed by atoms with Crippen molar-refractivity contribution >= 4 is 0 Å². The van der Waals surface area contributed by atoms with Crippen molar-refractivity contribution in [1.82, 2.24) is 0 Å². The number of hydrogen-bond donors (Lipinski definition) is 1. The van der Waals surface area contributed by atoms with Gasteiger partial charge in [0.25, 0.3) is 0 Å². The van der Waals surface area contributed by atoms with Crippen LogP contribution in [0, 0.1) is 5.92 Å². The van der Waals surface area contributed by atoms with Crippen LogP contribution in [0.15, 0.2) is 12.2 Å². The van der Waals surface area contributed by atoms with Gasteiger partial charge in [-0.05, 0) is 19.3 Å². The van der Waals surface area contributed by atoms with Crippen molar-refractivity contribution in [3.63, 3.8) is 0 Å². The second-order valence-corrected chi connectivity index (χ2v) is 2.02. The highest BCUT2D eigenvalue weighted by Gasteiger charge is 1.91. The Morgan fingerprint density at radius 1 is 1.62 bits per heavy atom. The summed E-state index contributed by atoms with van der Waals surface area (Å²) in [5.74, 6) is 0.532. The first-order valence-corrected chi connectivity index (χ1v) is 3.05. The van der Waals surface area contributed by atoms with Crippen LogP contribution >= 0.6 is 0 Å². The van der Waals surface area contributed by atoms with Crippen LogP contribution in [-0.2, 0) is 0 Å². The Hall–Kier alpha value is -0.300. The van der Waals surface area contributed by atoms with Gasteiger partial charge in [0, 0.05) is 6.61 Å². The average Bonchev–Trinajstić information content (AvgIpc) is 1.68. The van der Waals surface area contributed by atoms with Crippen molar-refractivity contribution in [3.8, 4) is 0 Å². The van der Waals surface area contributed by atoms with Gasteiger partial charge in [-0.25, -0.2) is 0 Å². The summed E-state index contributed by atoms with van der Waals surface area (Å²) in [4.78, 5) is 0. The van der Waals surface area contributed by atoms with E-state index in [2.05, 4.69) is 13.0 Å². The van der Waals surface area contributed by atoms with Gasteiger partial charge in [-0.2, -0.15) is 0 Å². The van der Waals surface area contributed by atoms with E-state index in [9.17, 15) is 0 Å². The second-order valence-electron chi connectivity index (χ2n) is 2.02. The zero-order valence-electron chi connectivity index (χ0n) is 5.59. The van der Waals surface area contributed by atoms with Gasteiger partial charge in [-0.3, -0.25) is 0 Å². The lowest BCUT2D eigenvalue weighted by Gasteiger charge is -1.99. The Labute approximate surface area is 51.0 Å². The molecular weight excluding hydrogens is 100 g/mol. The first-order valence-electron chi connectivity index (χ1n) is 3.05. The predicted molar refractivity (Wildman–Crippen MR) is 35.7 cm³/mol. The molecule has 0 aliphatic rings. The van der Waals surface area contributed by atoms with Crippen molar-refractivity contribution < 1.29 is 5.11 Å². The van der Waals surface area contributed by atoms with E-state index in [4.69, 9.17) is 5.11 Å². The third-order valence-corrected chi connectivity index (χ3v) is 1.11. The minimum absolute atomic E-state index is 0.297. The summed E-state index contributed by atoms with van der Waals surface area (Å²) in [5, 5.41) is 8.43. The minimum Gasteiger partial charge on any atom is -0.396 e. The van der Waals surface area contributed by atoms with Crippen molar-refractivity contribution in [3.05, 3.63) is 12.2 Å². The summed E-state index contributed by atoms with van der Waals surface area (Å²) >= 11 is 0. The molecule has 0 aliphatic carbocycles. The average molecular weight is 114 g/mol. The highest BCUT2D eigenvalue weighted by atomic mass is 16.2. The zero-order chi connectivity index (χ0) is 6.41. The highest BCUT2D eigenvalue weighted by Crippen LogP contribution is 2.00. The molecule has 1 N–H and O–H groups in total. The Kier molecular flexibility index (Phi) is 4.67. The smallest absolute Gasteiger partial charge is 0.0436 e. The molecule has 0 saturated heterocycles. The van der Waals surface area contributed by atoms with Gasteiger partial charge in [0.05, 0.1) is 0 Å². The Morgan fingerprint density at radius 3 is 2.62 bits per heavy atom. The fourth-order valence-corrected chi connectivity index (χ4v) is 0.628. The van der Waals surface area contributed by atoms with Gasteiger partial charge < -0.3 is 5.11 Å². The summed E-state index contributed by atoms with van der Waals surface area (Å²) < 4.78 is 0. The maximum Gasteiger partial charge on any atom is 0.0436 e. The molecule has 0 radical (unpaired) electrons. The Balaban J connectivity index is 3.17. The van der Waals surface area contributed by atoms with Crippen LogP contribution in [0.3, 0.4) is 0 Å². The van der Waals surface area contributed by atoms with E-state index in [-0.39, 0.29) is 0 Å². The molecule has 48 valence electrons. The molecule has 0 spiro atoms. The van der Waals surface area contributed by atoms with Gasteiger partial charge in [0.2, 0.25) is 0 Å². The van der Waals surface area contributed by atoms with E-state index < -0.39 is 0 Å². The number of rotatable bonds is 3. The largest absolute Gasteiger partial charge is 0.396 e. The Bertz CT molecular complexity index is 66.8. The second kappa shape index (κ2) is 4.85. The molecule has 0 aromatic carbocycles. The molecule has 1 heteroatoms. The maximum atomic E-state index is 8.43. The predicted octanol–water partition coefficient (Wildman–Crippen LogP) is 1.58. The fraction of sp³-hybridized carbons (Fsp3) is 0.714. The van der Waals surface area contributed by atoms with E-state index in [1.54, 1.807) is 0 Å². The number of aliphatic hydroxyl groups is 1. The zero-order valence-corrected chi connectivity index (χ0v) is 5.59. The van der Waals surface area contributed by atoms with Crippen molar-refractivity contribution in [2.45, 2.75) is 20.3 Å². The summed E-state index contributed by atoms with van der Waals surface area (Å²) in [6.07, 6.45) is 4.99. The maximum absolute atomic E-state index is 8.43. The summed E-state index contributed by atoms with van der Waals surface area (Å²) in [6, 6.07) is 0. The third kappa shape index (κ3) is 3.88. The van der Waals surface area contributed by atoms with Gasteiger partial charge in [0.15, 0.2) is 0 Å². The topological polar surface area (TPSA) is 20.2 Å². The molecule has 1 atom stereocenters. The van der Waals surface area contributed by atoms with Crippen LogP contribution in [0.25, 0.3) is 0 Å². The van der Waals surface area contributed by atoms with Crippen LogP contribution in [-0.4, -0.2) is 11.7 Å². The molecule has 0 saturated carbocycles. The molecule has 0 bridgehead atoms. The minimum atomic E-state index is 0.297. The van der Waals surface area contributed by atoms with E-state index >= 15 is 0 Å². The molecule has 1 nitrogen and oxygen atoms in total. The molecule has 0 heterocycles. The molecule has 1 unspecified atom stereocenters. The third-order valence-electron chi connectivity index (χ3n) is 1.11. The molecule has 0 aromatic rings. The van der Waals surface area contributed by atoms with Crippen molar-refractivity contribution in [1.29, 1.82) is 0 Å². The molecule has 0 rings (SSSR count). The summed E-state index contributed by atoms with van der Waals surface area (Å²) in [7, 11) is 0. The van der Waals surface area contributed by atoms with E-state index in [1.165, 1.54) is 0 Å². The SMILES string of the molecule is C/C=C\C(C)CCO. The standard InChI is InChI=1S/C7H14O/c1-3-4-7(2)5-6-8/h3-4,7-8H,5-6H2,1-2H3/b4-3-. The first kappa shape index (κ1) is 7.70. The Morgan fingerprint density at radius 2 is 2.25 bits per heavy atom. The highest BCUT2D eigenvalue weighted by molar-refractivity contribution is 4.82. The van der Waals surface area contributed by atoms with Crippen LogP contribution in [0.1, 0.15) is 20.3 Å². The first-order chi connectivity index (χ1) is 3.81. The molecule has 0 aliphatic heterocycles. The number of aliphatic hydroxyl groups excluding tert-OH is 1. The van der Waals surface area contributed by atoms with Crippen LogP contribution in [0.4, 0.5) is 0 Å². The monoisotopic (exact) mass is 114 g/mol. The lowest BCUT2D eigenvalue weighted by atomic mass is 10.1. The van der Waals surface area contributed by atoms with E-state index in [0.29, 0.717) is 12.5 Å². The molecule has 0 aromatic heterocycles. The van der Waals surface area contributed by atoms with Crippen LogP contribution in [0.5, 0.6) is 0 Å². The molecular formula is C7H14O. The molecule has 0 amide bonds. The summed E-state index contributed by atoms with van der Waals surface area (Å²) in [6.45, 7) is 4.38. The number of hydrogen-bond acceptors (Lipinski definition) is 1. The van der Waals surface area contributed by atoms with Gasteiger partial charge in [-0.1, -0.05) is 19.1 Å². The van der Waals surface area contributed by atoms with Crippen LogP contribution < -0.4 is 0 Å². The fourth-order valence-electron chi connectivity index (χ4n) is 0.628. The number of allylic oxidation sites excluding steroid dienone is 2.